The second-order valence-electron chi connectivity index (χ2n) is 5.04. The lowest BCUT2D eigenvalue weighted by atomic mass is 10.0. The molecule has 1 N–H and O–H groups in total. The molecule has 3 heteroatoms. The third-order valence-electron chi connectivity index (χ3n) is 3.45. The predicted molar refractivity (Wildman–Crippen MR) is 76.7 cm³/mol. The minimum Gasteiger partial charge on any atom is -0.317 e. The molecule has 98 valence electrons. The van der Waals surface area contributed by atoms with Crippen LogP contribution in [0.2, 0.25) is 0 Å². The van der Waals surface area contributed by atoms with Crippen LogP contribution >= 0.6 is 0 Å². The van der Waals surface area contributed by atoms with Gasteiger partial charge in [-0.1, -0.05) is 32.0 Å². The van der Waals surface area contributed by atoms with E-state index < -0.39 is 0 Å². The lowest BCUT2D eigenvalue weighted by Gasteiger charge is -2.10. The topological polar surface area (TPSA) is 29.9 Å². The van der Waals surface area contributed by atoms with Crippen molar-refractivity contribution in [3.63, 3.8) is 0 Å². The number of rotatable bonds is 6. The number of nitrogens with zero attached hydrogens (tertiary/aromatic N) is 2. The maximum atomic E-state index is 4.64. The van der Waals surface area contributed by atoms with Gasteiger partial charge in [0, 0.05) is 12.4 Å². The number of aryl methyl sites for hydroxylation is 2. The highest BCUT2D eigenvalue weighted by atomic mass is 15.3. The Kier molecular flexibility index (Phi) is 4.37. The van der Waals surface area contributed by atoms with Crippen LogP contribution < -0.4 is 5.32 Å². The molecular weight excluding hydrogens is 222 g/mol. The van der Waals surface area contributed by atoms with Gasteiger partial charge in [-0.2, -0.15) is 5.10 Å². The van der Waals surface area contributed by atoms with E-state index in [0.29, 0.717) is 5.92 Å². The fourth-order valence-corrected chi connectivity index (χ4v) is 2.35. The lowest BCUT2D eigenvalue weighted by Crippen LogP contribution is -2.20. The van der Waals surface area contributed by atoms with E-state index >= 15 is 0 Å². The van der Waals surface area contributed by atoms with Crippen LogP contribution in [-0.4, -0.2) is 22.9 Å². The molecule has 1 heterocycles. The average Bonchev–Trinajstić information content (AvgIpc) is 2.71. The molecule has 0 saturated carbocycles. The Morgan fingerprint density at radius 2 is 2.11 bits per heavy atom. The molecule has 0 saturated heterocycles. The van der Waals surface area contributed by atoms with Gasteiger partial charge in [-0.05, 0) is 37.9 Å². The molecular formula is C15H23N3. The van der Waals surface area contributed by atoms with Gasteiger partial charge in [0.05, 0.1) is 11.2 Å². The van der Waals surface area contributed by atoms with Crippen molar-refractivity contribution >= 4 is 10.9 Å². The van der Waals surface area contributed by atoms with E-state index in [1.165, 1.54) is 23.0 Å². The summed E-state index contributed by atoms with van der Waals surface area (Å²) in [6.07, 6.45) is 2.25. The van der Waals surface area contributed by atoms with Crippen LogP contribution in [0.1, 0.15) is 26.0 Å². The van der Waals surface area contributed by atoms with Crippen molar-refractivity contribution in [3.8, 4) is 0 Å². The van der Waals surface area contributed by atoms with Crippen molar-refractivity contribution < 1.29 is 0 Å². The van der Waals surface area contributed by atoms with Crippen molar-refractivity contribution in [1.29, 1.82) is 0 Å². The molecule has 0 fully saturated rings. The van der Waals surface area contributed by atoms with Gasteiger partial charge in [0.2, 0.25) is 0 Å². The fourth-order valence-electron chi connectivity index (χ4n) is 2.35. The molecule has 1 atom stereocenters. The Morgan fingerprint density at radius 3 is 2.89 bits per heavy atom. The predicted octanol–water partition coefficient (Wildman–Crippen LogP) is 2.75. The standard InChI is InChI=1S/C15H23N3/c1-4-16-11-12(2)9-10-14-13-7-5-6-8-15(13)18(3)17-14/h5-8,12,16H,4,9-11H2,1-3H3. The van der Waals surface area contributed by atoms with Crippen LogP contribution in [0.4, 0.5) is 0 Å². The first kappa shape index (κ1) is 13.1. The lowest BCUT2D eigenvalue weighted by molar-refractivity contribution is 0.486. The molecule has 1 aromatic carbocycles. The molecule has 0 spiro atoms. The van der Waals surface area contributed by atoms with E-state index in [1.54, 1.807) is 0 Å². The van der Waals surface area contributed by atoms with E-state index in [9.17, 15) is 0 Å². The van der Waals surface area contributed by atoms with E-state index in [2.05, 4.69) is 48.5 Å². The van der Waals surface area contributed by atoms with Crippen molar-refractivity contribution in [2.45, 2.75) is 26.7 Å². The first-order valence-electron chi connectivity index (χ1n) is 6.83. The SMILES string of the molecule is CCNCC(C)CCc1nn(C)c2ccccc12. The molecule has 1 aromatic heterocycles. The average molecular weight is 245 g/mol. The normalized spacial score (nSPS) is 13.1. The summed E-state index contributed by atoms with van der Waals surface area (Å²) in [6, 6.07) is 8.47. The Balaban J connectivity index is 2.03. The summed E-state index contributed by atoms with van der Waals surface area (Å²) in [5.74, 6) is 0.700. The van der Waals surface area contributed by atoms with Gasteiger partial charge >= 0.3 is 0 Å². The molecule has 3 nitrogen and oxygen atoms in total. The number of fused-ring (bicyclic) bond motifs is 1. The molecule has 1 unspecified atom stereocenters. The zero-order chi connectivity index (χ0) is 13.0. The van der Waals surface area contributed by atoms with Crippen LogP contribution in [0.25, 0.3) is 10.9 Å². The molecule has 0 radical (unpaired) electrons. The van der Waals surface area contributed by atoms with Gasteiger partial charge in [0.15, 0.2) is 0 Å². The third-order valence-corrected chi connectivity index (χ3v) is 3.45. The summed E-state index contributed by atoms with van der Waals surface area (Å²) < 4.78 is 1.99. The highest BCUT2D eigenvalue weighted by molar-refractivity contribution is 5.81. The second-order valence-corrected chi connectivity index (χ2v) is 5.04. The number of benzene rings is 1. The highest BCUT2D eigenvalue weighted by Gasteiger charge is 2.09. The monoisotopic (exact) mass is 245 g/mol. The molecule has 2 aromatic rings. The molecule has 0 bridgehead atoms. The summed E-state index contributed by atoms with van der Waals surface area (Å²) in [7, 11) is 2.02. The Labute approximate surface area is 109 Å². The van der Waals surface area contributed by atoms with Gasteiger partial charge in [-0.15, -0.1) is 0 Å². The van der Waals surface area contributed by atoms with Crippen molar-refractivity contribution in [1.82, 2.24) is 15.1 Å². The summed E-state index contributed by atoms with van der Waals surface area (Å²) in [5.41, 5.74) is 2.46. The zero-order valence-corrected chi connectivity index (χ0v) is 11.6. The number of nitrogens with one attached hydrogen (secondary N) is 1. The van der Waals surface area contributed by atoms with E-state index in [4.69, 9.17) is 0 Å². The first-order valence-corrected chi connectivity index (χ1v) is 6.83. The minimum absolute atomic E-state index is 0.700. The van der Waals surface area contributed by atoms with Crippen LogP contribution in [0.3, 0.4) is 0 Å². The Bertz CT molecular complexity index is 501. The van der Waals surface area contributed by atoms with E-state index in [-0.39, 0.29) is 0 Å². The summed E-state index contributed by atoms with van der Waals surface area (Å²) in [4.78, 5) is 0. The minimum atomic E-state index is 0.700. The molecule has 2 rings (SSSR count). The van der Waals surface area contributed by atoms with Crippen molar-refractivity contribution in [2.75, 3.05) is 13.1 Å². The fraction of sp³-hybridized carbons (Fsp3) is 0.533. The molecule has 0 amide bonds. The maximum Gasteiger partial charge on any atom is 0.0703 e. The molecule has 0 aliphatic rings. The molecule has 18 heavy (non-hydrogen) atoms. The molecule has 0 aliphatic heterocycles. The van der Waals surface area contributed by atoms with E-state index in [0.717, 1.165) is 19.5 Å². The number of hydrogen-bond donors (Lipinski definition) is 1. The van der Waals surface area contributed by atoms with Crippen molar-refractivity contribution in [2.24, 2.45) is 13.0 Å². The Morgan fingerprint density at radius 1 is 1.33 bits per heavy atom. The molecule has 0 aliphatic carbocycles. The van der Waals surface area contributed by atoms with Gasteiger partial charge in [-0.25, -0.2) is 0 Å². The van der Waals surface area contributed by atoms with E-state index in [1.807, 2.05) is 11.7 Å². The highest BCUT2D eigenvalue weighted by Crippen LogP contribution is 2.19. The summed E-state index contributed by atoms with van der Waals surface area (Å²) in [5, 5.41) is 9.34. The number of hydrogen-bond acceptors (Lipinski definition) is 2. The van der Waals surface area contributed by atoms with Crippen LogP contribution in [0, 0.1) is 5.92 Å². The zero-order valence-electron chi connectivity index (χ0n) is 11.6. The van der Waals surface area contributed by atoms with Gasteiger partial charge in [0.25, 0.3) is 0 Å². The smallest absolute Gasteiger partial charge is 0.0703 e. The largest absolute Gasteiger partial charge is 0.317 e. The second kappa shape index (κ2) is 6.01. The van der Waals surface area contributed by atoms with Gasteiger partial charge < -0.3 is 5.32 Å². The first-order chi connectivity index (χ1) is 8.72. The summed E-state index contributed by atoms with van der Waals surface area (Å²) >= 11 is 0. The van der Waals surface area contributed by atoms with Gasteiger partial charge in [-0.3, -0.25) is 4.68 Å². The number of para-hydroxylation sites is 1. The third kappa shape index (κ3) is 2.91. The van der Waals surface area contributed by atoms with Gasteiger partial charge in [0.1, 0.15) is 0 Å². The van der Waals surface area contributed by atoms with Crippen LogP contribution in [0.15, 0.2) is 24.3 Å². The quantitative estimate of drug-likeness (QED) is 0.848. The summed E-state index contributed by atoms with van der Waals surface area (Å²) in [6.45, 7) is 6.60. The maximum absolute atomic E-state index is 4.64. The Hall–Kier alpha value is -1.35. The number of aromatic nitrogens is 2. The van der Waals surface area contributed by atoms with Crippen LogP contribution in [0.5, 0.6) is 0 Å². The van der Waals surface area contributed by atoms with Crippen molar-refractivity contribution in [3.05, 3.63) is 30.0 Å². The van der Waals surface area contributed by atoms with Crippen LogP contribution in [-0.2, 0) is 13.5 Å².